The minimum atomic E-state index is -0.895. The highest BCUT2D eigenvalue weighted by Crippen LogP contribution is 2.28. The minimum absolute atomic E-state index is 0.354. The first-order valence-corrected chi connectivity index (χ1v) is 5.63. The van der Waals surface area contributed by atoms with Gasteiger partial charge in [-0.25, -0.2) is 4.39 Å². The maximum Gasteiger partial charge on any atom is 0.123 e. The third kappa shape index (κ3) is 3.17. The van der Waals surface area contributed by atoms with Crippen molar-refractivity contribution in [3.05, 3.63) is 34.6 Å². The molecule has 0 bridgehead atoms. The van der Waals surface area contributed by atoms with E-state index in [2.05, 4.69) is 0 Å². The Labute approximate surface area is 100.0 Å². The number of hydrogen-bond acceptors (Lipinski definition) is 2. The Hall–Kier alpha value is -0.640. The second kappa shape index (κ2) is 6.18. The van der Waals surface area contributed by atoms with Crippen LogP contribution in [0.3, 0.4) is 0 Å². The molecule has 2 nitrogen and oxygen atoms in total. The number of rotatable bonds is 5. The summed E-state index contributed by atoms with van der Waals surface area (Å²) in [6.45, 7) is 1.99. The van der Waals surface area contributed by atoms with Crippen molar-refractivity contribution in [1.82, 2.24) is 0 Å². The molecular weight excluding hydrogens is 231 g/mol. The van der Waals surface area contributed by atoms with Crippen molar-refractivity contribution >= 4 is 11.6 Å². The standard InChI is InChI=1S/C12H16ClFO2/c1-3-4-11(16-2)12(15)9-7-8(14)5-6-10(9)13/h5-7,11-12,15H,3-4H2,1-2H3. The van der Waals surface area contributed by atoms with Crippen LogP contribution in [0.4, 0.5) is 4.39 Å². The highest BCUT2D eigenvalue weighted by atomic mass is 35.5. The molecule has 0 saturated heterocycles. The van der Waals surface area contributed by atoms with E-state index in [0.29, 0.717) is 17.0 Å². The normalized spacial score (nSPS) is 14.8. The van der Waals surface area contributed by atoms with Crippen molar-refractivity contribution in [2.45, 2.75) is 32.0 Å². The fourth-order valence-corrected chi connectivity index (χ4v) is 1.86. The summed E-state index contributed by atoms with van der Waals surface area (Å²) in [4.78, 5) is 0. The number of benzene rings is 1. The van der Waals surface area contributed by atoms with Gasteiger partial charge in [-0.05, 0) is 24.6 Å². The summed E-state index contributed by atoms with van der Waals surface area (Å²) in [7, 11) is 1.52. The molecule has 90 valence electrons. The lowest BCUT2D eigenvalue weighted by atomic mass is 10.0. The van der Waals surface area contributed by atoms with E-state index < -0.39 is 11.9 Å². The van der Waals surface area contributed by atoms with Gasteiger partial charge in [-0.3, -0.25) is 0 Å². The van der Waals surface area contributed by atoms with Crippen LogP contribution in [0.2, 0.25) is 5.02 Å². The van der Waals surface area contributed by atoms with Crippen molar-refractivity contribution in [3.8, 4) is 0 Å². The Kier molecular flexibility index (Phi) is 5.19. The first-order chi connectivity index (χ1) is 7.60. The van der Waals surface area contributed by atoms with Crippen LogP contribution in [0, 0.1) is 5.82 Å². The van der Waals surface area contributed by atoms with E-state index in [1.807, 2.05) is 6.92 Å². The first kappa shape index (κ1) is 13.4. The molecule has 0 amide bonds. The third-order valence-electron chi connectivity index (χ3n) is 2.50. The van der Waals surface area contributed by atoms with Gasteiger partial charge in [0.05, 0.1) is 6.10 Å². The fourth-order valence-electron chi connectivity index (χ4n) is 1.63. The van der Waals surface area contributed by atoms with E-state index in [9.17, 15) is 9.50 Å². The molecule has 2 atom stereocenters. The summed E-state index contributed by atoms with van der Waals surface area (Å²) in [5.41, 5.74) is 0.377. The second-order valence-corrected chi connectivity index (χ2v) is 4.08. The summed E-state index contributed by atoms with van der Waals surface area (Å²) in [6, 6.07) is 3.95. The SMILES string of the molecule is CCCC(OC)C(O)c1cc(F)ccc1Cl. The van der Waals surface area contributed by atoms with Crippen LogP contribution in [-0.4, -0.2) is 18.3 Å². The van der Waals surface area contributed by atoms with Crippen LogP contribution in [0.1, 0.15) is 31.4 Å². The number of aliphatic hydroxyl groups excluding tert-OH is 1. The van der Waals surface area contributed by atoms with E-state index in [-0.39, 0.29) is 6.10 Å². The van der Waals surface area contributed by atoms with Crippen LogP contribution < -0.4 is 0 Å². The number of ether oxygens (including phenoxy) is 1. The minimum Gasteiger partial charge on any atom is -0.386 e. The molecule has 2 unspecified atom stereocenters. The molecule has 0 fully saturated rings. The fraction of sp³-hybridized carbons (Fsp3) is 0.500. The van der Waals surface area contributed by atoms with E-state index in [1.165, 1.54) is 25.3 Å². The Morgan fingerprint density at radius 3 is 2.75 bits per heavy atom. The van der Waals surface area contributed by atoms with Crippen molar-refractivity contribution in [2.24, 2.45) is 0 Å². The van der Waals surface area contributed by atoms with Gasteiger partial charge in [0, 0.05) is 17.7 Å². The highest BCUT2D eigenvalue weighted by molar-refractivity contribution is 6.31. The van der Waals surface area contributed by atoms with E-state index in [0.717, 1.165) is 6.42 Å². The lowest BCUT2D eigenvalue weighted by Crippen LogP contribution is -2.21. The number of methoxy groups -OCH3 is 1. The largest absolute Gasteiger partial charge is 0.386 e. The van der Waals surface area contributed by atoms with Gasteiger partial charge in [-0.1, -0.05) is 24.9 Å². The van der Waals surface area contributed by atoms with Crippen LogP contribution >= 0.6 is 11.6 Å². The molecule has 0 aliphatic heterocycles. The van der Waals surface area contributed by atoms with Gasteiger partial charge in [0.2, 0.25) is 0 Å². The topological polar surface area (TPSA) is 29.5 Å². The molecular formula is C12H16ClFO2. The molecule has 0 heterocycles. The van der Waals surface area contributed by atoms with E-state index in [4.69, 9.17) is 16.3 Å². The molecule has 16 heavy (non-hydrogen) atoms. The van der Waals surface area contributed by atoms with Crippen molar-refractivity contribution in [2.75, 3.05) is 7.11 Å². The van der Waals surface area contributed by atoms with Gasteiger partial charge in [0.1, 0.15) is 11.9 Å². The van der Waals surface area contributed by atoms with E-state index in [1.54, 1.807) is 0 Å². The predicted molar refractivity (Wildman–Crippen MR) is 62.1 cm³/mol. The molecule has 0 aliphatic carbocycles. The smallest absolute Gasteiger partial charge is 0.123 e. The maximum absolute atomic E-state index is 13.1. The average molecular weight is 247 g/mol. The van der Waals surface area contributed by atoms with Crippen LogP contribution in [0.15, 0.2) is 18.2 Å². The zero-order chi connectivity index (χ0) is 12.1. The Morgan fingerprint density at radius 2 is 2.19 bits per heavy atom. The summed E-state index contributed by atoms with van der Waals surface area (Å²) >= 11 is 5.91. The predicted octanol–water partition coefficient (Wildman–Crippen LogP) is 3.33. The van der Waals surface area contributed by atoms with Crippen molar-refractivity contribution in [1.29, 1.82) is 0 Å². The lowest BCUT2D eigenvalue weighted by Gasteiger charge is -2.22. The Balaban J connectivity index is 2.93. The zero-order valence-electron chi connectivity index (χ0n) is 9.41. The molecule has 1 aromatic carbocycles. The van der Waals surface area contributed by atoms with Gasteiger partial charge in [0.25, 0.3) is 0 Å². The molecule has 4 heteroatoms. The van der Waals surface area contributed by atoms with E-state index >= 15 is 0 Å². The first-order valence-electron chi connectivity index (χ1n) is 5.26. The van der Waals surface area contributed by atoms with Gasteiger partial charge in [-0.2, -0.15) is 0 Å². The molecule has 1 aromatic rings. The molecule has 1 rings (SSSR count). The number of halogens is 2. The summed E-state index contributed by atoms with van der Waals surface area (Å²) in [5, 5.41) is 10.4. The summed E-state index contributed by atoms with van der Waals surface area (Å²) < 4.78 is 18.2. The van der Waals surface area contributed by atoms with Gasteiger partial charge in [0.15, 0.2) is 0 Å². The Morgan fingerprint density at radius 1 is 1.50 bits per heavy atom. The maximum atomic E-state index is 13.1. The van der Waals surface area contributed by atoms with Crippen molar-refractivity contribution < 1.29 is 14.2 Å². The second-order valence-electron chi connectivity index (χ2n) is 3.67. The Bertz CT molecular complexity index is 344. The lowest BCUT2D eigenvalue weighted by molar-refractivity contribution is -0.0180. The quantitative estimate of drug-likeness (QED) is 0.864. The monoisotopic (exact) mass is 246 g/mol. The van der Waals surface area contributed by atoms with Crippen molar-refractivity contribution in [3.63, 3.8) is 0 Å². The number of aliphatic hydroxyl groups is 1. The van der Waals surface area contributed by atoms with Gasteiger partial charge in [-0.15, -0.1) is 0 Å². The molecule has 0 aromatic heterocycles. The van der Waals surface area contributed by atoms with Gasteiger partial charge < -0.3 is 9.84 Å². The zero-order valence-corrected chi connectivity index (χ0v) is 10.2. The van der Waals surface area contributed by atoms with Crippen LogP contribution in [0.25, 0.3) is 0 Å². The molecule has 0 radical (unpaired) electrons. The van der Waals surface area contributed by atoms with Crippen LogP contribution in [0.5, 0.6) is 0 Å². The molecule has 0 saturated carbocycles. The third-order valence-corrected chi connectivity index (χ3v) is 2.85. The molecule has 0 spiro atoms. The van der Waals surface area contributed by atoms with Crippen LogP contribution in [-0.2, 0) is 4.74 Å². The molecule has 1 N–H and O–H groups in total. The highest BCUT2D eigenvalue weighted by Gasteiger charge is 2.22. The summed E-state index contributed by atoms with van der Waals surface area (Å²) in [6.07, 6.45) is 0.324. The average Bonchev–Trinajstić information content (AvgIpc) is 2.28. The number of hydrogen-bond donors (Lipinski definition) is 1. The molecule has 0 aliphatic rings. The summed E-state index contributed by atoms with van der Waals surface area (Å²) in [5.74, 6) is -0.412. The van der Waals surface area contributed by atoms with Gasteiger partial charge >= 0.3 is 0 Å².